The van der Waals surface area contributed by atoms with Gasteiger partial charge in [0.05, 0.1) is 13.7 Å². The van der Waals surface area contributed by atoms with E-state index in [2.05, 4.69) is 10.6 Å². The minimum atomic E-state index is -0.467. The van der Waals surface area contributed by atoms with Gasteiger partial charge in [-0.05, 0) is 57.2 Å². The Kier molecular flexibility index (Phi) is 6.60. The molecule has 0 fully saturated rings. The molecule has 0 aliphatic carbocycles. The van der Waals surface area contributed by atoms with Gasteiger partial charge in [0.15, 0.2) is 17.3 Å². The van der Waals surface area contributed by atoms with Crippen molar-refractivity contribution in [2.45, 2.75) is 26.8 Å². The highest BCUT2D eigenvalue weighted by molar-refractivity contribution is 5.98. The predicted octanol–water partition coefficient (Wildman–Crippen LogP) is 3.74. The normalized spacial score (nSPS) is 11.4. The van der Waals surface area contributed by atoms with Crippen LogP contribution in [-0.4, -0.2) is 31.4 Å². The van der Waals surface area contributed by atoms with Crippen LogP contribution in [0.5, 0.6) is 11.5 Å². The van der Waals surface area contributed by atoms with Gasteiger partial charge in [0.25, 0.3) is 0 Å². The van der Waals surface area contributed by atoms with Crippen molar-refractivity contribution in [1.82, 2.24) is 0 Å². The van der Waals surface area contributed by atoms with E-state index < -0.39 is 6.04 Å². The molecule has 0 saturated carbocycles. The standard InChI is InChI=1S/C20H24N2O4/c1-5-26-18-11-10-17(12-19(18)25-4)21-13(2)20(24)22-16-8-6-15(7-9-16)14(3)23/h6-13,21H,5H2,1-4H3,(H,22,24)/t13-/m0/s1. The molecule has 6 heteroatoms. The number of methoxy groups -OCH3 is 1. The topological polar surface area (TPSA) is 76.7 Å². The number of ether oxygens (including phenoxy) is 2. The molecule has 2 rings (SSSR count). The van der Waals surface area contributed by atoms with Gasteiger partial charge in [-0.2, -0.15) is 0 Å². The molecule has 2 aromatic rings. The summed E-state index contributed by atoms with van der Waals surface area (Å²) in [5.41, 5.74) is 1.99. The lowest BCUT2D eigenvalue weighted by atomic mass is 10.1. The highest BCUT2D eigenvalue weighted by Gasteiger charge is 2.14. The van der Waals surface area contributed by atoms with Crippen LogP contribution in [0.25, 0.3) is 0 Å². The highest BCUT2D eigenvalue weighted by Crippen LogP contribution is 2.30. The van der Waals surface area contributed by atoms with E-state index >= 15 is 0 Å². The molecule has 0 spiro atoms. The summed E-state index contributed by atoms with van der Waals surface area (Å²) in [6, 6.07) is 11.7. The van der Waals surface area contributed by atoms with Crippen LogP contribution in [0, 0.1) is 0 Å². The second kappa shape index (κ2) is 8.89. The molecule has 0 radical (unpaired) electrons. The largest absolute Gasteiger partial charge is 0.493 e. The molecule has 0 saturated heterocycles. The first-order valence-corrected chi connectivity index (χ1v) is 8.43. The molecule has 0 heterocycles. The fourth-order valence-corrected chi connectivity index (χ4v) is 2.39. The van der Waals surface area contributed by atoms with E-state index in [1.165, 1.54) is 6.92 Å². The maximum absolute atomic E-state index is 12.4. The van der Waals surface area contributed by atoms with Crippen LogP contribution in [-0.2, 0) is 4.79 Å². The summed E-state index contributed by atoms with van der Waals surface area (Å²) >= 11 is 0. The van der Waals surface area contributed by atoms with Gasteiger partial charge < -0.3 is 20.1 Å². The summed E-state index contributed by atoms with van der Waals surface area (Å²) in [5, 5.41) is 5.95. The summed E-state index contributed by atoms with van der Waals surface area (Å²) in [7, 11) is 1.57. The zero-order valence-corrected chi connectivity index (χ0v) is 15.5. The molecular weight excluding hydrogens is 332 g/mol. The van der Waals surface area contributed by atoms with Gasteiger partial charge in [-0.25, -0.2) is 0 Å². The highest BCUT2D eigenvalue weighted by atomic mass is 16.5. The van der Waals surface area contributed by atoms with Gasteiger partial charge in [0, 0.05) is 23.0 Å². The molecule has 0 bridgehead atoms. The molecule has 0 aromatic heterocycles. The Hall–Kier alpha value is -3.02. The molecule has 6 nitrogen and oxygen atoms in total. The number of amides is 1. The van der Waals surface area contributed by atoms with E-state index in [1.54, 1.807) is 50.4 Å². The Morgan fingerprint density at radius 1 is 1.04 bits per heavy atom. The first-order valence-electron chi connectivity index (χ1n) is 8.43. The fourth-order valence-electron chi connectivity index (χ4n) is 2.39. The zero-order chi connectivity index (χ0) is 19.1. The number of Topliss-reactive ketones (excluding diaryl/α,β-unsaturated/α-hetero) is 1. The van der Waals surface area contributed by atoms with Crippen molar-refractivity contribution >= 4 is 23.1 Å². The van der Waals surface area contributed by atoms with E-state index in [0.717, 1.165) is 5.69 Å². The third-order valence-corrected chi connectivity index (χ3v) is 3.80. The van der Waals surface area contributed by atoms with Crippen LogP contribution in [0.1, 0.15) is 31.1 Å². The fraction of sp³-hybridized carbons (Fsp3) is 0.300. The van der Waals surface area contributed by atoms with Crippen molar-refractivity contribution < 1.29 is 19.1 Å². The van der Waals surface area contributed by atoms with Crippen molar-refractivity contribution in [3.05, 3.63) is 48.0 Å². The third-order valence-electron chi connectivity index (χ3n) is 3.80. The zero-order valence-electron chi connectivity index (χ0n) is 15.5. The number of ketones is 1. The molecule has 138 valence electrons. The molecule has 26 heavy (non-hydrogen) atoms. The summed E-state index contributed by atoms with van der Waals surface area (Å²) in [6.07, 6.45) is 0. The van der Waals surface area contributed by atoms with Crippen molar-refractivity contribution in [2.75, 3.05) is 24.4 Å². The average Bonchev–Trinajstić information content (AvgIpc) is 2.63. The lowest BCUT2D eigenvalue weighted by Gasteiger charge is -2.17. The lowest BCUT2D eigenvalue weighted by molar-refractivity contribution is -0.116. The molecule has 0 aliphatic heterocycles. The number of benzene rings is 2. The number of hydrogen-bond donors (Lipinski definition) is 2. The second-order valence-electron chi connectivity index (χ2n) is 5.79. The van der Waals surface area contributed by atoms with Crippen molar-refractivity contribution in [3.8, 4) is 11.5 Å². The first kappa shape index (κ1) is 19.3. The second-order valence-corrected chi connectivity index (χ2v) is 5.79. The van der Waals surface area contributed by atoms with Gasteiger partial charge >= 0.3 is 0 Å². The number of carbonyl (C=O) groups excluding carboxylic acids is 2. The molecule has 2 aromatic carbocycles. The van der Waals surface area contributed by atoms with E-state index in [1.807, 2.05) is 13.0 Å². The van der Waals surface area contributed by atoms with Crippen molar-refractivity contribution in [3.63, 3.8) is 0 Å². The van der Waals surface area contributed by atoms with Crippen LogP contribution in [0.4, 0.5) is 11.4 Å². The minimum absolute atomic E-state index is 0.0117. The van der Waals surface area contributed by atoms with Gasteiger partial charge in [-0.15, -0.1) is 0 Å². The summed E-state index contributed by atoms with van der Waals surface area (Å²) in [5.74, 6) is 1.06. The third kappa shape index (κ3) is 4.99. The first-order chi connectivity index (χ1) is 12.4. The monoisotopic (exact) mass is 356 g/mol. The predicted molar refractivity (Wildman–Crippen MR) is 102 cm³/mol. The minimum Gasteiger partial charge on any atom is -0.493 e. The molecular formula is C20H24N2O4. The van der Waals surface area contributed by atoms with E-state index in [-0.39, 0.29) is 11.7 Å². The van der Waals surface area contributed by atoms with Crippen molar-refractivity contribution in [1.29, 1.82) is 0 Å². The molecule has 0 aliphatic rings. The summed E-state index contributed by atoms with van der Waals surface area (Å²) in [4.78, 5) is 23.7. The SMILES string of the molecule is CCOc1ccc(N[C@@H](C)C(=O)Nc2ccc(C(C)=O)cc2)cc1OC. The van der Waals surface area contributed by atoms with Gasteiger partial charge in [-0.1, -0.05) is 0 Å². The van der Waals surface area contributed by atoms with Crippen LogP contribution >= 0.6 is 0 Å². The van der Waals surface area contributed by atoms with Crippen LogP contribution in [0.3, 0.4) is 0 Å². The average molecular weight is 356 g/mol. The lowest BCUT2D eigenvalue weighted by Crippen LogP contribution is -2.31. The number of nitrogens with one attached hydrogen (secondary N) is 2. The number of hydrogen-bond acceptors (Lipinski definition) is 5. The van der Waals surface area contributed by atoms with Gasteiger partial charge in [-0.3, -0.25) is 9.59 Å². The van der Waals surface area contributed by atoms with Crippen molar-refractivity contribution in [2.24, 2.45) is 0 Å². The van der Waals surface area contributed by atoms with Gasteiger partial charge in [0.2, 0.25) is 5.91 Å². The van der Waals surface area contributed by atoms with Crippen LogP contribution in [0.15, 0.2) is 42.5 Å². The van der Waals surface area contributed by atoms with E-state index in [4.69, 9.17) is 9.47 Å². The molecule has 0 unspecified atom stereocenters. The van der Waals surface area contributed by atoms with Gasteiger partial charge in [0.1, 0.15) is 6.04 Å². The number of rotatable bonds is 8. The maximum Gasteiger partial charge on any atom is 0.246 e. The molecule has 2 N–H and O–H groups in total. The molecule has 1 amide bonds. The Balaban J connectivity index is 2.01. The maximum atomic E-state index is 12.4. The smallest absolute Gasteiger partial charge is 0.246 e. The van der Waals surface area contributed by atoms with Crippen LogP contribution in [0.2, 0.25) is 0 Å². The summed E-state index contributed by atoms with van der Waals surface area (Å²) in [6.45, 7) is 5.72. The number of carbonyl (C=O) groups is 2. The number of anilines is 2. The summed E-state index contributed by atoms with van der Waals surface area (Å²) < 4.78 is 10.8. The van der Waals surface area contributed by atoms with E-state index in [9.17, 15) is 9.59 Å². The Labute approximate surface area is 153 Å². The van der Waals surface area contributed by atoms with Crippen LogP contribution < -0.4 is 20.1 Å². The Morgan fingerprint density at radius 2 is 1.69 bits per heavy atom. The van der Waals surface area contributed by atoms with E-state index in [0.29, 0.717) is 29.4 Å². The Morgan fingerprint density at radius 3 is 2.27 bits per heavy atom. The quantitative estimate of drug-likeness (QED) is 0.705. The Bertz CT molecular complexity index is 772. The molecule has 1 atom stereocenters.